The highest BCUT2D eigenvalue weighted by Gasteiger charge is 2.41. The molecule has 0 amide bonds. The van der Waals surface area contributed by atoms with E-state index in [-0.39, 0.29) is 6.71 Å². The van der Waals surface area contributed by atoms with Crippen molar-refractivity contribution in [2.24, 2.45) is 0 Å². The maximum absolute atomic E-state index is 6.86. The van der Waals surface area contributed by atoms with E-state index in [9.17, 15) is 0 Å². The fourth-order valence-electron chi connectivity index (χ4n) is 6.23. The Morgan fingerprint density at radius 3 is 2.12 bits per heavy atom. The van der Waals surface area contributed by atoms with E-state index in [0.29, 0.717) is 0 Å². The minimum atomic E-state index is -0.0370. The van der Waals surface area contributed by atoms with Gasteiger partial charge in [0.1, 0.15) is 23.0 Å². The number of benzene rings is 5. The average Bonchev–Trinajstić information content (AvgIpc) is 3.00. The second-order valence-corrected chi connectivity index (χ2v) is 10.7. The van der Waals surface area contributed by atoms with Crippen LogP contribution in [0.2, 0.25) is 0 Å². The van der Waals surface area contributed by atoms with E-state index in [1.54, 1.807) is 6.08 Å². The van der Waals surface area contributed by atoms with Crippen LogP contribution in [0.5, 0.6) is 23.0 Å². The smallest absolute Gasteiger partial charge is 0.260 e. The number of allylic oxidation sites excluding steroid dienone is 4. The van der Waals surface area contributed by atoms with Crippen LogP contribution < -0.4 is 25.9 Å². The Hall–Kier alpha value is -5.02. The van der Waals surface area contributed by atoms with Crippen LogP contribution >= 0.6 is 0 Å². The van der Waals surface area contributed by atoms with Gasteiger partial charge in [-0.25, -0.2) is 0 Å². The molecule has 0 radical (unpaired) electrons. The van der Waals surface area contributed by atoms with Crippen molar-refractivity contribution >= 4 is 28.7 Å². The molecule has 0 atom stereocenters. The van der Waals surface area contributed by atoms with E-state index in [1.165, 1.54) is 22.3 Å². The van der Waals surface area contributed by atoms with Crippen molar-refractivity contribution in [3.63, 3.8) is 0 Å². The van der Waals surface area contributed by atoms with Crippen LogP contribution in [-0.4, -0.2) is 6.71 Å². The van der Waals surface area contributed by atoms with Crippen LogP contribution in [0.4, 0.5) is 0 Å². The van der Waals surface area contributed by atoms with Crippen molar-refractivity contribution in [1.82, 2.24) is 0 Å². The van der Waals surface area contributed by atoms with Crippen LogP contribution in [0.3, 0.4) is 0 Å². The summed E-state index contributed by atoms with van der Waals surface area (Å²) in [4.78, 5) is 0. The molecule has 5 aromatic rings. The van der Waals surface area contributed by atoms with Gasteiger partial charge in [0.2, 0.25) is 0 Å². The number of fused-ring (bicyclic) bond motifs is 4. The summed E-state index contributed by atoms with van der Waals surface area (Å²) in [5, 5.41) is 0. The first kappa shape index (κ1) is 25.0. The van der Waals surface area contributed by atoms with E-state index in [1.807, 2.05) is 12.2 Å². The predicted octanol–water partition coefficient (Wildman–Crippen LogP) is 8.12. The lowest BCUT2D eigenvalue weighted by molar-refractivity contribution is 0.465. The van der Waals surface area contributed by atoms with E-state index in [0.717, 1.165) is 61.6 Å². The Morgan fingerprint density at radius 2 is 1.39 bits per heavy atom. The number of hydrogen-bond acceptors (Lipinski definition) is 2. The molecule has 0 aliphatic carbocycles. The summed E-state index contributed by atoms with van der Waals surface area (Å²) in [5.74, 6) is 3.42. The van der Waals surface area contributed by atoms with Crippen LogP contribution in [0.25, 0.3) is 27.8 Å². The molecule has 41 heavy (non-hydrogen) atoms. The predicted molar refractivity (Wildman–Crippen MR) is 173 cm³/mol. The Morgan fingerprint density at radius 1 is 0.659 bits per heavy atom. The van der Waals surface area contributed by atoms with Crippen molar-refractivity contribution in [1.29, 1.82) is 0 Å². The quantitative estimate of drug-likeness (QED) is 0.166. The third-order valence-electron chi connectivity index (χ3n) is 8.26. The summed E-state index contributed by atoms with van der Waals surface area (Å²) >= 11 is 0. The molecule has 196 valence electrons. The molecule has 0 aromatic heterocycles. The minimum Gasteiger partial charge on any atom is -0.458 e. The van der Waals surface area contributed by atoms with Gasteiger partial charge in [-0.3, -0.25) is 0 Å². The zero-order valence-corrected chi connectivity index (χ0v) is 23.3. The molecule has 0 saturated heterocycles. The SMILES string of the molecule is C=C/C=C(\C=C)c1ccc2c(c1)Oc1c(-c3ccccc3C)ccc3c1B2c1cc(-c2ccccc2C)ccc1O3. The van der Waals surface area contributed by atoms with Gasteiger partial charge < -0.3 is 9.47 Å². The molecule has 0 bridgehead atoms. The molecular weight excluding hydrogens is 499 g/mol. The van der Waals surface area contributed by atoms with Gasteiger partial charge in [0.15, 0.2) is 0 Å². The lowest BCUT2D eigenvalue weighted by Gasteiger charge is -2.34. The van der Waals surface area contributed by atoms with Gasteiger partial charge >= 0.3 is 0 Å². The van der Waals surface area contributed by atoms with Crippen molar-refractivity contribution in [2.45, 2.75) is 13.8 Å². The van der Waals surface area contributed by atoms with Gasteiger partial charge in [-0.15, -0.1) is 0 Å². The molecule has 2 nitrogen and oxygen atoms in total. The third-order valence-corrected chi connectivity index (χ3v) is 8.26. The molecule has 5 aromatic carbocycles. The summed E-state index contributed by atoms with van der Waals surface area (Å²) in [6.45, 7) is 12.2. The van der Waals surface area contributed by atoms with Crippen LogP contribution in [-0.2, 0) is 0 Å². The van der Waals surface area contributed by atoms with Crippen molar-refractivity contribution < 1.29 is 9.47 Å². The lowest BCUT2D eigenvalue weighted by Crippen LogP contribution is -2.57. The standard InChI is InChI=1S/C38H29BO2/c1-5-11-26(6-2)27-16-19-32-36(23-27)41-38-31(30-15-10-8-13-25(30)4)18-21-35-37(38)39(32)33-22-28(17-20-34(33)40-35)29-14-9-7-12-24(29)3/h5-23H,1-2H2,3-4H3/b26-11+. The molecule has 2 heterocycles. The largest absolute Gasteiger partial charge is 0.458 e. The Labute approximate surface area is 242 Å². The summed E-state index contributed by atoms with van der Waals surface area (Å²) in [6, 6.07) is 34.2. The van der Waals surface area contributed by atoms with Crippen molar-refractivity contribution in [2.75, 3.05) is 0 Å². The molecule has 2 aliphatic heterocycles. The van der Waals surface area contributed by atoms with Gasteiger partial charge in [-0.1, -0.05) is 104 Å². The average molecular weight is 528 g/mol. The number of aryl methyl sites for hydroxylation is 2. The fraction of sp³-hybridized carbons (Fsp3) is 0.0526. The van der Waals surface area contributed by atoms with Crippen molar-refractivity contribution in [3.05, 3.63) is 145 Å². The molecule has 2 aliphatic rings. The van der Waals surface area contributed by atoms with Crippen molar-refractivity contribution in [3.8, 4) is 45.3 Å². The van der Waals surface area contributed by atoms with Gasteiger partial charge in [0.05, 0.1) is 0 Å². The van der Waals surface area contributed by atoms with Gasteiger partial charge in [-0.2, -0.15) is 0 Å². The number of hydrogen-bond donors (Lipinski definition) is 0. The maximum Gasteiger partial charge on any atom is 0.260 e. The zero-order chi connectivity index (χ0) is 28.1. The molecule has 7 rings (SSSR count). The fourth-order valence-corrected chi connectivity index (χ4v) is 6.23. The molecular formula is C38H29BO2. The number of rotatable bonds is 5. The summed E-state index contributed by atoms with van der Waals surface area (Å²) in [6.07, 6.45) is 5.62. The highest BCUT2D eigenvalue weighted by atomic mass is 16.5. The van der Waals surface area contributed by atoms with Gasteiger partial charge in [-0.05, 0) is 88.0 Å². The van der Waals surface area contributed by atoms with Crippen LogP contribution in [0, 0.1) is 13.8 Å². The molecule has 0 spiro atoms. The summed E-state index contributed by atoms with van der Waals surface area (Å²) in [5.41, 5.74) is 12.4. The molecule has 0 N–H and O–H groups in total. The van der Waals surface area contributed by atoms with E-state index < -0.39 is 0 Å². The first-order valence-electron chi connectivity index (χ1n) is 14.0. The molecule has 0 fully saturated rings. The van der Waals surface area contributed by atoms with E-state index in [4.69, 9.17) is 9.47 Å². The topological polar surface area (TPSA) is 18.5 Å². The van der Waals surface area contributed by atoms with Gasteiger partial charge in [0, 0.05) is 11.0 Å². The highest BCUT2D eigenvalue weighted by Crippen LogP contribution is 2.42. The third kappa shape index (κ3) is 4.05. The lowest BCUT2D eigenvalue weighted by atomic mass is 9.34. The molecule has 0 saturated carbocycles. The monoisotopic (exact) mass is 528 g/mol. The molecule has 3 heteroatoms. The Bertz CT molecular complexity index is 1910. The summed E-state index contributed by atoms with van der Waals surface area (Å²) < 4.78 is 13.4. The first-order valence-corrected chi connectivity index (χ1v) is 14.0. The second kappa shape index (κ2) is 9.87. The highest BCUT2D eigenvalue weighted by molar-refractivity contribution is 6.98. The minimum absolute atomic E-state index is 0.0370. The maximum atomic E-state index is 6.86. The van der Waals surface area contributed by atoms with Crippen LogP contribution in [0.15, 0.2) is 128 Å². The van der Waals surface area contributed by atoms with Crippen LogP contribution in [0.1, 0.15) is 16.7 Å². The Balaban J connectivity index is 1.49. The normalized spacial score (nSPS) is 12.8. The Kier molecular flexibility index (Phi) is 6.01. The number of ether oxygens (including phenoxy) is 2. The molecule has 0 unspecified atom stereocenters. The van der Waals surface area contributed by atoms with Gasteiger partial charge in [0.25, 0.3) is 6.71 Å². The summed E-state index contributed by atoms with van der Waals surface area (Å²) in [7, 11) is 0. The van der Waals surface area contributed by atoms with E-state index >= 15 is 0 Å². The first-order chi connectivity index (χ1) is 20.1. The second-order valence-electron chi connectivity index (χ2n) is 10.7. The van der Waals surface area contributed by atoms with E-state index in [2.05, 4.69) is 124 Å². The zero-order valence-electron chi connectivity index (χ0n) is 23.3.